The fourth-order valence-corrected chi connectivity index (χ4v) is 2.13. The topological polar surface area (TPSA) is 38.3 Å². The van der Waals surface area contributed by atoms with Crippen molar-refractivity contribution in [3.8, 4) is 5.75 Å². The Kier molecular flexibility index (Phi) is 5.21. The van der Waals surface area contributed by atoms with Gasteiger partial charge in [-0.1, -0.05) is 42.0 Å². The van der Waals surface area contributed by atoms with Crippen molar-refractivity contribution < 1.29 is 9.53 Å². The zero-order valence-electron chi connectivity index (χ0n) is 13.6. The Bertz CT molecular complexity index is 647. The molecule has 2 aromatic rings. The summed E-state index contributed by atoms with van der Waals surface area (Å²) < 4.78 is 5.78. The number of aryl methyl sites for hydroxylation is 2. The molecule has 0 saturated carbocycles. The van der Waals surface area contributed by atoms with Crippen molar-refractivity contribution in [1.29, 1.82) is 0 Å². The number of carbonyl (C=O) groups excluding carboxylic acids is 1. The van der Waals surface area contributed by atoms with Gasteiger partial charge in [0.2, 0.25) is 0 Å². The van der Waals surface area contributed by atoms with E-state index < -0.39 is 6.10 Å². The summed E-state index contributed by atoms with van der Waals surface area (Å²) in [6.45, 7) is 8.36. The molecule has 2 aromatic carbocycles. The van der Waals surface area contributed by atoms with Crippen LogP contribution in [0.25, 0.3) is 0 Å². The lowest BCUT2D eigenvalue weighted by atomic mass is 10.1. The third kappa shape index (κ3) is 4.10. The van der Waals surface area contributed by atoms with E-state index in [2.05, 4.69) is 5.32 Å². The second-order valence-electron chi connectivity index (χ2n) is 5.66. The largest absolute Gasteiger partial charge is 0.481 e. The molecule has 0 aliphatic rings. The van der Waals surface area contributed by atoms with E-state index in [1.165, 1.54) is 5.56 Å². The van der Waals surface area contributed by atoms with Crippen LogP contribution in [0.1, 0.15) is 29.2 Å². The number of carbonyl (C=O) groups is 1. The lowest BCUT2D eigenvalue weighted by molar-refractivity contribution is -0.127. The van der Waals surface area contributed by atoms with Crippen LogP contribution in [-0.4, -0.2) is 12.0 Å². The second kappa shape index (κ2) is 7.12. The summed E-state index contributed by atoms with van der Waals surface area (Å²) in [5, 5.41) is 2.91. The van der Waals surface area contributed by atoms with E-state index >= 15 is 0 Å². The highest BCUT2D eigenvalue weighted by Crippen LogP contribution is 2.21. The molecule has 0 bridgehead atoms. The van der Waals surface area contributed by atoms with Crippen molar-refractivity contribution in [2.24, 2.45) is 0 Å². The van der Waals surface area contributed by atoms with Crippen LogP contribution in [0.15, 0.2) is 42.5 Å². The highest BCUT2D eigenvalue weighted by Gasteiger charge is 2.15. The molecule has 0 saturated heterocycles. The molecule has 1 atom stereocenters. The van der Waals surface area contributed by atoms with Crippen molar-refractivity contribution in [3.63, 3.8) is 0 Å². The standard InChI is InChI=1S/C19H23NO2/c1-13-8-10-17(11-9-13)12-20-19(21)16(4)22-18-7-5-6-14(2)15(18)3/h5-11,16H,12H2,1-4H3,(H,20,21)/t16-/m1/s1. The first-order chi connectivity index (χ1) is 10.5. The van der Waals surface area contributed by atoms with Crippen LogP contribution in [0.4, 0.5) is 0 Å². The van der Waals surface area contributed by atoms with Crippen LogP contribution in [0, 0.1) is 20.8 Å². The molecule has 3 heteroatoms. The molecule has 0 unspecified atom stereocenters. The highest BCUT2D eigenvalue weighted by atomic mass is 16.5. The van der Waals surface area contributed by atoms with E-state index in [1.807, 2.05) is 63.2 Å². The molecule has 0 radical (unpaired) electrons. The molecular formula is C19H23NO2. The minimum atomic E-state index is -0.522. The molecule has 0 aromatic heterocycles. The molecule has 1 amide bonds. The van der Waals surface area contributed by atoms with Crippen molar-refractivity contribution in [2.75, 3.05) is 0 Å². The average molecular weight is 297 g/mol. The first kappa shape index (κ1) is 16.1. The van der Waals surface area contributed by atoms with Gasteiger partial charge in [0.1, 0.15) is 5.75 Å². The predicted molar refractivity (Wildman–Crippen MR) is 89.0 cm³/mol. The minimum Gasteiger partial charge on any atom is -0.481 e. The first-order valence-corrected chi connectivity index (χ1v) is 7.53. The number of rotatable bonds is 5. The van der Waals surface area contributed by atoms with Crippen molar-refractivity contribution in [1.82, 2.24) is 5.32 Å². The Balaban J connectivity index is 1.92. The zero-order valence-corrected chi connectivity index (χ0v) is 13.6. The van der Waals surface area contributed by atoms with Gasteiger partial charge in [-0.2, -0.15) is 0 Å². The van der Waals surface area contributed by atoms with Crippen molar-refractivity contribution in [3.05, 3.63) is 64.7 Å². The van der Waals surface area contributed by atoms with Crippen LogP contribution < -0.4 is 10.1 Å². The van der Waals surface area contributed by atoms with E-state index in [-0.39, 0.29) is 5.91 Å². The van der Waals surface area contributed by atoms with Gasteiger partial charge in [-0.3, -0.25) is 4.79 Å². The number of amides is 1. The van der Waals surface area contributed by atoms with Crippen molar-refractivity contribution in [2.45, 2.75) is 40.3 Å². The summed E-state index contributed by atoms with van der Waals surface area (Å²) >= 11 is 0. The predicted octanol–water partition coefficient (Wildman–Crippen LogP) is 3.70. The van der Waals surface area contributed by atoms with Gasteiger partial charge in [-0.05, 0) is 50.5 Å². The molecule has 0 aliphatic heterocycles. The van der Waals surface area contributed by atoms with Gasteiger partial charge in [0, 0.05) is 6.54 Å². The summed E-state index contributed by atoms with van der Waals surface area (Å²) in [7, 11) is 0. The fourth-order valence-electron chi connectivity index (χ4n) is 2.13. The van der Waals surface area contributed by atoms with Crippen molar-refractivity contribution >= 4 is 5.91 Å². The van der Waals surface area contributed by atoms with Crippen LogP contribution in [0.3, 0.4) is 0 Å². The lowest BCUT2D eigenvalue weighted by Gasteiger charge is -2.17. The monoisotopic (exact) mass is 297 g/mol. The Labute approximate surface area is 132 Å². The summed E-state index contributed by atoms with van der Waals surface area (Å²) in [5.41, 5.74) is 4.52. The molecule has 0 fully saturated rings. The Morgan fingerprint density at radius 3 is 2.45 bits per heavy atom. The normalized spacial score (nSPS) is 11.8. The van der Waals surface area contributed by atoms with E-state index in [1.54, 1.807) is 6.92 Å². The summed E-state index contributed by atoms with van der Waals surface area (Å²) in [5.74, 6) is 0.652. The number of benzene rings is 2. The van der Waals surface area contributed by atoms with Gasteiger partial charge in [0.25, 0.3) is 5.91 Å². The van der Waals surface area contributed by atoms with Crippen LogP contribution in [0.5, 0.6) is 5.75 Å². The lowest BCUT2D eigenvalue weighted by Crippen LogP contribution is -2.36. The number of nitrogens with one attached hydrogen (secondary N) is 1. The van der Waals surface area contributed by atoms with Gasteiger partial charge >= 0.3 is 0 Å². The Morgan fingerprint density at radius 1 is 1.09 bits per heavy atom. The van der Waals surface area contributed by atoms with Gasteiger partial charge in [-0.25, -0.2) is 0 Å². The van der Waals surface area contributed by atoms with Crippen LogP contribution in [0.2, 0.25) is 0 Å². The SMILES string of the molecule is Cc1ccc(CNC(=O)[C@@H](C)Oc2cccc(C)c2C)cc1. The smallest absolute Gasteiger partial charge is 0.261 e. The molecule has 3 nitrogen and oxygen atoms in total. The minimum absolute atomic E-state index is 0.110. The number of ether oxygens (including phenoxy) is 1. The molecule has 0 spiro atoms. The summed E-state index contributed by atoms with van der Waals surface area (Å²) in [6, 6.07) is 14.0. The summed E-state index contributed by atoms with van der Waals surface area (Å²) in [4.78, 5) is 12.1. The van der Waals surface area contributed by atoms with Gasteiger partial charge in [-0.15, -0.1) is 0 Å². The highest BCUT2D eigenvalue weighted by molar-refractivity contribution is 5.80. The average Bonchev–Trinajstić information content (AvgIpc) is 2.51. The molecule has 22 heavy (non-hydrogen) atoms. The van der Waals surface area contributed by atoms with E-state index in [4.69, 9.17) is 4.74 Å². The molecular weight excluding hydrogens is 274 g/mol. The molecule has 0 heterocycles. The second-order valence-corrected chi connectivity index (χ2v) is 5.66. The number of hydrogen-bond donors (Lipinski definition) is 1. The maximum Gasteiger partial charge on any atom is 0.261 e. The molecule has 1 N–H and O–H groups in total. The van der Waals surface area contributed by atoms with E-state index in [9.17, 15) is 4.79 Å². The van der Waals surface area contributed by atoms with Gasteiger partial charge in [0.05, 0.1) is 0 Å². The third-order valence-corrected chi connectivity index (χ3v) is 3.82. The Morgan fingerprint density at radius 2 is 1.77 bits per heavy atom. The molecule has 2 rings (SSSR count). The number of hydrogen-bond acceptors (Lipinski definition) is 2. The zero-order chi connectivity index (χ0) is 16.1. The van der Waals surface area contributed by atoms with E-state index in [0.717, 1.165) is 22.4 Å². The third-order valence-electron chi connectivity index (χ3n) is 3.82. The molecule has 0 aliphatic carbocycles. The van der Waals surface area contributed by atoms with Gasteiger partial charge < -0.3 is 10.1 Å². The maximum atomic E-state index is 12.1. The van der Waals surface area contributed by atoms with Gasteiger partial charge in [0.15, 0.2) is 6.10 Å². The van der Waals surface area contributed by atoms with Crippen LogP contribution >= 0.6 is 0 Å². The van der Waals surface area contributed by atoms with Crippen LogP contribution in [-0.2, 0) is 11.3 Å². The quantitative estimate of drug-likeness (QED) is 0.914. The summed E-state index contributed by atoms with van der Waals surface area (Å²) in [6.07, 6.45) is -0.522. The first-order valence-electron chi connectivity index (χ1n) is 7.53. The Hall–Kier alpha value is -2.29. The fraction of sp³-hybridized carbons (Fsp3) is 0.316. The maximum absolute atomic E-state index is 12.1. The van der Waals surface area contributed by atoms with E-state index in [0.29, 0.717) is 6.54 Å². The molecule has 116 valence electrons.